The number of carbonyl (C=O) groups excluding carboxylic acids is 1. The molecule has 0 radical (unpaired) electrons. The van der Waals surface area contributed by atoms with Gasteiger partial charge in [-0.25, -0.2) is 0 Å². The Hall–Kier alpha value is -1.85. The van der Waals surface area contributed by atoms with Gasteiger partial charge in [-0.3, -0.25) is 9.59 Å². The van der Waals surface area contributed by atoms with Crippen molar-refractivity contribution in [2.24, 2.45) is 0 Å². The summed E-state index contributed by atoms with van der Waals surface area (Å²) in [5.74, 6) is -1.07. The van der Waals surface area contributed by atoms with E-state index in [1.807, 2.05) is 0 Å². The molecule has 0 aromatic carbocycles. The van der Waals surface area contributed by atoms with E-state index in [0.29, 0.717) is 5.69 Å². The fourth-order valence-corrected chi connectivity index (χ4v) is 1.41. The summed E-state index contributed by atoms with van der Waals surface area (Å²) in [6, 6.07) is -0.333. The Kier molecular flexibility index (Phi) is 4.25. The van der Waals surface area contributed by atoms with Crippen LogP contribution in [0.5, 0.6) is 0 Å². The number of likely N-dealkylation sites (N-methyl/N-ethyl adjacent to an activating group) is 1. The van der Waals surface area contributed by atoms with E-state index in [2.05, 4.69) is 5.16 Å². The standard InChI is InChI=1S/C11H16N2O4/c1-7(4-11(15)16)13(3)10(14)5-9-6-17-12-8(9)2/h6-7H,4-5H2,1-3H3,(H,15,16). The summed E-state index contributed by atoms with van der Waals surface area (Å²) in [5.41, 5.74) is 1.40. The van der Waals surface area contributed by atoms with E-state index in [4.69, 9.17) is 9.63 Å². The second-order valence-corrected chi connectivity index (χ2v) is 4.05. The maximum atomic E-state index is 11.8. The third kappa shape index (κ3) is 3.58. The molecular formula is C11H16N2O4. The first-order valence-electron chi connectivity index (χ1n) is 5.29. The lowest BCUT2D eigenvalue weighted by Crippen LogP contribution is -2.37. The number of nitrogens with zero attached hydrogens (tertiary/aromatic N) is 2. The summed E-state index contributed by atoms with van der Waals surface area (Å²) < 4.78 is 4.74. The molecule has 1 aromatic heterocycles. The molecule has 0 aliphatic rings. The van der Waals surface area contributed by atoms with Crippen molar-refractivity contribution in [1.29, 1.82) is 0 Å². The lowest BCUT2D eigenvalue weighted by Gasteiger charge is -2.23. The van der Waals surface area contributed by atoms with Crippen LogP contribution in [0.3, 0.4) is 0 Å². The molecule has 6 heteroatoms. The minimum absolute atomic E-state index is 0.0646. The fourth-order valence-electron chi connectivity index (χ4n) is 1.41. The molecule has 0 fully saturated rings. The van der Waals surface area contributed by atoms with Crippen molar-refractivity contribution in [3.8, 4) is 0 Å². The summed E-state index contributed by atoms with van der Waals surface area (Å²) in [4.78, 5) is 23.8. The number of rotatable bonds is 5. The van der Waals surface area contributed by atoms with E-state index in [9.17, 15) is 9.59 Å². The number of aromatic nitrogens is 1. The van der Waals surface area contributed by atoms with Crippen molar-refractivity contribution < 1.29 is 19.2 Å². The van der Waals surface area contributed by atoms with Crippen molar-refractivity contribution in [1.82, 2.24) is 10.1 Å². The average Bonchev–Trinajstić information content (AvgIpc) is 2.62. The molecule has 0 aliphatic carbocycles. The van der Waals surface area contributed by atoms with Crippen LogP contribution < -0.4 is 0 Å². The minimum Gasteiger partial charge on any atom is -0.481 e. The maximum absolute atomic E-state index is 11.8. The van der Waals surface area contributed by atoms with Gasteiger partial charge in [0.15, 0.2) is 0 Å². The lowest BCUT2D eigenvalue weighted by atomic mass is 10.1. The Morgan fingerprint density at radius 1 is 1.59 bits per heavy atom. The smallest absolute Gasteiger partial charge is 0.305 e. The van der Waals surface area contributed by atoms with Crippen molar-refractivity contribution in [3.05, 3.63) is 17.5 Å². The summed E-state index contributed by atoms with van der Waals surface area (Å²) in [7, 11) is 1.60. The molecule has 1 heterocycles. The maximum Gasteiger partial charge on any atom is 0.305 e. The number of hydrogen-bond acceptors (Lipinski definition) is 4. The number of aliphatic carboxylic acids is 1. The first-order valence-corrected chi connectivity index (χ1v) is 5.29. The quantitative estimate of drug-likeness (QED) is 0.824. The number of carbonyl (C=O) groups is 2. The zero-order valence-corrected chi connectivity index (χ0v) is 10.1. The summed E-state index contributed by atoms with van der Waals surface area (Å²) in [5, 5.41) is 12.3. The molecule has 1 atom stereocenters. The van der Waals surface area contributed by atoms with Crippen LogP contribution in [0, 0.1) is 6.92 Å². The predicted octanol–water partition coefficient (Wildman–Crippen LogP) is 0.847. The molecule has 1 aromatic rings. The van der Waals surface area contributed by atoms with Crippen molar-refractivity contribution >= 4 is 11.9 Å². The van der Waals surface area contributed by atoms with Crippen LogP contribution in [-0.2, 0) is 16.0 Å². The zero-order chi connectivity index (χ0) is 13.0. The molecule has 0 bridgehead atoms. The first kappa shape index (κ1) is 13.2. The van der Waals surface area contributed by atoms with Crippen LogP contribution in [0.25, 0.3) is 0 Å². The van der Waals surface area contributed by atoms with Gasteiger partial charge in [0.25, 0.3) is 0 Å². The Morgan fingerprint density at radius 2 is 2.24 bits per heavy atom. The van der Waals surface area contributed by atoms with Crippen molar-refractivity contribution in [3.63, 3.8) is 0 Å². The molecule has 1 rings (SSSR count). The van der Waals surface area contributed by atoms with Gasteiger partial charge in [0.2, 0.25) is 5.91 Å². The number of carboxylic acids is 1. The number of aryl methyl sites for hydroxylation is 1. The number of amides is 1. The Balaban J connectivity index is 2.58. The van der Waals surface area contributed by atoms with Gasteiger partial charge in [-0.05, 0) is 13.8 Å². The third-order valence-electron chi connectivity index (χ3n) is 2.72. The molecule has 0 saturated heterocycles. The van der Waals surface area contributed by atoms with Crippen molar-refractivity contribution in [2.45, 2.75) is 32.7 Å². The fraction of sp³-hybridized carbons (Fsp3) is 0.545. The Labute approximate surface area is 99.2 Å². The molecule has 1 unspecified atom stereocenters. The number of carboxylic acid groups (broad SMARTS) is 1. The highest BCUT2D eigenvalue weighted by Gasteiger charge is 2.19. The molecule has 94 valence electrons. The average molecular weight is 240 g/mol. The topological polar surface area (TPSA) is 83.6 Å². The van der Waals surface area contributed by atoms with E-state index < -0.39 is 5.97 Å². The van der Waals surface area contributed by atoms with Crippen molar-refractivity contribution in [2.75, 3.05) is 7.05 Å². The van der Waals surface area contributed by atoms with Gasteiger partial charge in [-0.1, -0.05) is 5.16 Å². The largest absolute Gasteiger partial charge is 0.481 e. The highest BCUT2D eigenvalue weighted by atomic mass is 16.5. The summed E-state index contributed by atoms with van der Waals surface area (Å²) in [6.07, 6.45) is 1.55. The van der Waals surface area contributed by atoms with Gasteiger partial charge < -0.3 is 14.5 Å². The van der Waals surface area contributed by atoms with E-state index in [1.54, 1.807) is 20.9 Å². The van der Waals surface area contributed by atoms with Gasteiger partial charge in [0.1, 0.15) is 6.26 Å². The second kappa shape index (κ2) is 5.47. The summed E-state index contributed by atoms with van der Waals surface area (Å²) in [6.45, 7) is 3.46. The highest BCUT2D eigenvalue weighted by Crippen LogP contribution is 2.09. The monoisotopic (exact) mass is 240 g/mol. The summed E-state index contributed by atoms with van der Waals surface area (Å²) >= 11 is 0. The number of hydrogen-bond donors (Lipinski definition) is 1. The minimum atomic E-state index is -0.918. The van der Waals surface area contributed by atoms with Crippen LogP contribution in [0.1, 0.15) is 24.6 Å². The van der Waals surface area contributed by atoms with E-state index in [-0.39, 0.29) is 24.8 Å². The van der Waals surface area contributed by atoms with E-state index in [1.165, 1.54) is 11.2 Å². The molecule has 0 saturated carbocycles. The second-order valence-electron chi connectivity index (χ2n) is 4.05. The molecule has 1 N–H and O–H groups in total. The van der Waals surface area contributed by atoms with Gasteiger partial charge in [0.05, 0.1) is 18.5 Å². The Bertz CT molecular complexity index is 413. The molecule has 0 aliphatic heterocycles. The molecular weight excluding hydrogens is 224 g/mol. The first-order chi connectivity index (χ1) is 7.91. The highest BCUT2D eigenvalue weighted by molar-refractivity contribution is 5.79. The zero-order valence-electron chi connectivity index (χ0n) is 10.1. The van der Waals surface area contributed by atoms with Crippen LogP contribution in [0.15, 0.2) is 10.8 Å². The van der Waals surface area contributed by atoms with Gasteiger partial charge >= 0.3 is 5.97 Å². The normalized spacial score (nSPS) is 12.2. The van der Waals surface area contributed by atoms with Crippen LogP contribution in [-0.4, -0.2) is 40.1 Å². The van der Waals surface area contributed by atoms with E-state index >= 15 is 0 Å². The van der Waals surface area contributed by atoms with Crippen LogP contribution >= 0.6 is 0 Å². The van der Waals surface area contributed by atoms with Gasteiger partial charge in [-0.15, -0.1) is 0 Å². The SMILES string of the molecule is Cc1nocc1CC(=O)N(C)C(C)CC(=O)O. The van der Waals surface area contributed by atoms with Gasteiger partial charge in [-0.2, -0.15) is 0 Å². The molecule has 1 amide bonds. The predicted molar refractivity (Wildman–Crippen MR) is 59.4 cm³/mol. The molecule has 0 spiro atoms. The van der Waals surface area contributed by atoms with Gasteiger partial charge in [0, 0.05) is 18.7 Å². The van der Waals surface area contributed by atoms with E-state index in [0.717, 1.165) is 5.56 Å². The third-order valence-corrected chi connectivity index (χ3v) is 2.72. The molecule has 17 heavy (non-hydrogen) atoms. The molecule has 6 nitrogen and oxygen atoms in total. The van der Waals surface area contributed by atoms with Crippen LogP contribution in [0.2, 0.25) is 0 Å². The Morgan fingerprint density at radius 3 is 2.71 bits per heavy atom. The van der Waals surface area contributed by atoms with Crippen LogP contribution in [0.4, 0.5) is 0 Å². The lowest BCUT2D eigenvalue weighted by molar-refractivity contribution is -0.139.